The normalized spacial score (nSPS) is 11.0. The molecule has 0 atom stereocenters. The van der Waals surface area contributed by atoms with E-state index in [1.165, 1.54) is 4.90 Å². The summed E-state index contributed by atoms with van der Waals surface area (Å²) in [5.74, 6) is 0.332. The number of fused-ring (bicyclic) bond motifs is 1. The van der Waals surface area contributed by atoms with Crippen molar-refractivity contribution in [2.45, 2.75) is 33.7 Å². The number of hydrogen-bond donors (Lipinski definition) is 2. The van der Waals surface area contributed by atoms with Crippen molar-refractivity contribution >= 4 is 34.2 Å². The quantitative estimate of drug-likeness (QED) is 0.582. The summed E-state index contributed by atoms with van der Waals surface area (Å²) in [6.07, 6.45) is 2.90. The molecule has 3 aromatic rings. The van der Waals surface area contributed by atoms with Crippen LogP contribution in [0.25, 0.3) is 10.9 Å². The topological polar surface area (TPSA) is 66.4 Å². The van der Waals surface area contributed by atoms with Crippen molar-refractivity contribution in [2.24, 2.45) is 5.92 Å². The summed E-state index contributed by atoms with van der Waals surface area (Å²) in [4.78, 5) is 26.3. The molecule has 0 spiro atoms. The number of anilines is 2. The maximum Gasteiger partial charge on any atom is 0.322 e. The van der Waals surface area contributed by atoms with Crippen LogP contribution >= 0.6 is 0 Å². The van der Waals surface area contributed by atoms with Gasteiger partial charge in [-0.3, -0.25) is 4.79 Å². The van der Waals surface area contributed by atoms with E-state index in [1.807, 2.05) is 49.4 Å². The zero-order valence-electron chi connectivity index (χ0n) is 18.1. The van der Waals surface area contributed by atoms with Crippen LogP contribution in [0.4, 0.5) is 16.2 Å². The number of hydrogen-bond acceptors (Lipinski definition) is 2. The van der Waals surface area contributed by atoms with Gasteiger partial charge in [-0.15, -0.1) is 0 Å². The van der Waals surface area contributed by atoms with Gasteiger partial charge in [0.15, 0.2) is 0 Å². The SMILES string of the molecule is CCc1ccccc1NC(=O)CN(C)C(=O)Nc1ccc2c(ccn2CC(C)C)c1. The van der Waals surface area contributed by atoms with Gasteiger partial charge in [-0.1, -0.05) is 39.0 Å². The number of aryl methyl sites for hydroxylation is 1. The highest BCUT2D eigenvalue weighted by Gasteiger charge is 2.14. The van der Waals surface area contributed by atoms with E-state index in [0.29, 0.717) is 11.6 Å². The first-order valence-electron chi connectivity index (χ1n) is 10.4. The van der Waals surface area contributed by atoms with Gasteiger partial charge in [0.25, 0.3) is 0 Å². The maximum absolute atomic E-state index is 12.5. The van der Waals surface area contributed by atoms with Gasteiger partial charge in [0.05, 0.1) is 0 Å². The molecule has 3 amide bonds. The van der Waals surface area contributed by atoms with Crippen LogP contribution in [0.2, 0.25) is 0 Å². The first kappa shape index (κ1) is 21.4. The molecule has 0 bridgehead atoms. The van der Waals surface area contributed by atoms with Crippen LogP contribution in [0.3, 0.4) is 0 Å². The van der Waals surface area contributed by atoms with E-state index in [0.717, 1.165) is 35.1 Å². The summed E-state index contributed by atoms with van der Waals surface area (Å²) in [6.45, 7) is 7.34. The van der Waals surface area contributed by atoms with E-state index in [9.17, 15) is 9.59 Å². The minimum atomic E-state index is -0.324. The lowest BCUT2D eigenvalue weighted by molar-refractivity contribution is -0.116. The summed E-state index contributed by atoms with van der Waals surface area (Å²) in [7, 11) is 1.61. The molecule has 2 aromatic carbocycles. The van der Waals surface area contributed by atoms with E-state index in [-0.39, 0.29) is 18.5 Å². The second kappa shape index (κ2) is 9.48. The van der Waals surface area contributed by atoms with Gasteiger partial charge in [0.1, 0.15) is 6.54 Å². The Morgan fingerprint density at radius 2 is 1.83 bits per heavy atom. The highest BCUT2D eigenvalue weighted by molar-refractivity contribution is 5.98. The number of likely N-dealkylation sites (N-methyl/N-ethyl adjacent to an activating group) is 1. The molecule has 30 heavy (non-hydrogen) atoms. The van der Waals surface area contributed by atoms with Crippen LogP contribution in [0.1, 0.15) is 26.3 Å². The fraction of sp³-hybridized carbons (Fsp3) is 0.333. The van der Waals surface area contributed by atoms with Gasteiger partial charge >= 0.3 is 6.03 Å². The minimum Gasteiger partial charge on any atom is -0.347 e. The molecule has 0 aliphatic carbocycles. The molecule has 1 aromatic heterocycles. The lowest BCUT2D eigenvalue weighted by atomic mass is 10.1. The number of aromatic nitrogens is 1. The molecule has 0 aliphatic rings. The molecular weight excluding hydrogens is 376 g/mol. The maximum atomic E-state index is 12.5. The van der Waals surface area contributed by atoms with Crippen LogP contribution in [-0.2, 0) is 17.8 Å². The van der Waals surface area contributed by atoms with E-state index >= 15 is 0 Å². The molecule has 0 radical (unpaired) electrons. The number of nitrogens with zero attached hydrogens (tertiary/aromatic N) is 2. The molecule has 158 valence electrons. The molecule has 2 N–H and O–H groups in total. The Labute approximate surface area is 177 Å². The molecule has 6 heteroatoms. The van der Waals surface area contributed by atoms with Gasteiger partial charge in [-0.05, 0) is 48.2 Å². The van der Waals surface area contributed by atoms with Crippen LogP contribution in [0, 0.1) is 5.92 Å². The van der Waals surface area contributed by atoms with Crippen molar-refractivity contribution in [2.75, 3.05) is 24.2 Å². The van der Waals surface area contributed by atoms with Gasteiger partial charge in [-0.2, -0.15) is 0 Å². The Morgan fingerprint density at radius 3 is 2.57 bits per heavy atom. The molecule has 0 fully saturated rings. The van der Waals surface area contributed by atoms with Crippen LogP contribution in [-0.4, -0.2) is 35.0 Å². The lowest BCUT2D eigenvalue weighted by Gasteiger charge is -2.18. The monoisotopic (exact) mass is 406 g/mol. The average molecular weight is 407 g/mol. The fourth-order valence-corrected chi connectivity index (χ4v) is 3.48. The molecule has 0 saturated carbocycles. The minimum absolute atomic E-state index is 0.0309. The van der Waals surface area contributed by atoms with Crippen molar-refractivity contribution in [1.29, 1.82) is 0 Å². The van der Waals surface area contributed by atoms with E-state index < -0.39 is 0 Å². The molecular formula is C24H30N4O2. The molecule has 6 nitrogen and oxygen atoms in total. The van der Waals surface area contributed by atoms with Crippen molar-refractivity contribution in [3.63, 3.8) is 0 Å². The summed E-state index contributed by atoms with van der Waals surface area (Å²) in [5.41, 5.74) is 3.70. The first-order valence-corrected chi connectivity index (χ1v) is 10.4. The van der Waals surface area contributed by atoms with Crippen LogP contribution in [0.15, 0.2) is 54.7 Å². The molecule has 0 saturated heterocycles. The summed E-state index contributed by atoms with van der Waals surface area (Å²) >= 11 is 0. The van der Waals surface area contributed by atoms with E-state index in [4.69, 9.17) is 0 Å². The Kier molecular flexibility index (Phi) is 6.77. The number of amides is 3. The Hall–Kier alpha value is -3.28. The summed E-state index contributed by atoms with van der Waals surface area (Å²) in [5, 5.41) is 6.84. The zero-order valence-corrected chi connectivity index (χ0v) is 18.1. The lowest BCUT2D eigenvalue weighted by Crippen LogP contribution is -2.37. The predicted octanol–water partition coefficient (Wildman–Crippen LogP) is 4.96. The number of rotatable bonds is 7. The molecule has 1 heterocycles. The van der Waals surface area contributed by atoms with Gasteiger partial charge in [0.2, 0.25) is 5.91 Å². The van der Waals surface area contributed by atoms with Crippen molar-refractivity contribution in [1.82, 2.24) is 9.47 Å². The number of para-hydroxylation sites is 1. The largest absolute Gasteiger partial charge is 0.347 e. The average Bonchev–Trinajstić information content (AvgIpc) is 3.09. The van der Waals surface area contributed by atoms with Crippen molar-refractivity contribution < 1.29 is 9.59 Å². The Balaban J connectivity index is 1.60. The van der Waals surface area contributed by atoms with Gasteiger partial charge in [-0.25, -0.2) is 4.79 Å². The third-order valence-electron chi connectivity index (χ3n) is 4.98. The number of benzene rings is 2. The van der Waals surface area contributed by atoms with Gasteiger partial charge < -0.3 is 20.1 Å². The predicted molar refractivity (Wildman–Crippen MR) is 123 cm³/mol. The van der Waals surface area contributed by atoms with E-state index in [1.54, 1.807) is 7.05 Å². The third kappa shape index (κ3) is 5.20. The molecule has 3 rings (SSSR count). The smallest absolute Gasteiger partial charge is 0.322 e. The number of carbonyl (C=O) groups is 2. The van der Waals surface area contributed by atoms with Crippen molar-refractivity contribution in [3.8, 4) is 0 Å². The highest BCUT2D eigenvalue weighted by atomic mass is 16.2. The second-order valence-corrected chi connectivity index (χ2v) is 7.98. The van der Waals surface area contributed by atoms with Crippen LogP contribution < -0.4 is 10.6 Å². The molecule has 0 aliphatic heterocycles. The number of urea groups is 1. The molecule has 0 unspecified atom stereocenters. The summed E-state index contributed by atoms with van der Waals surface area (Å²) < 4.78 is 2.22. The number of nitrogens with one attached hydrogen (secondary N) is 2. The van der Waals surface area contributed by atoms with Crippen LogP contribution in [0.5, 0.6) is 0 Å². The van der Waals surface area contributed by atoms with Gasteiger partial charge in [0, 0.05) is 42.1 Å². The standard InChI is InChI=1S/C24H30N4O2/c1-5-18-8-6-7-9-21(18)26-23(29)16-27(4)24(30)25-20-10-11-22-19(14-20)12-13-28(22)15-17(2)3/h6-14,17H,5,15-16H2,1-4H3,(H,25,30)(H,26,29). The number of carbonyl (C=O) groups excluding carboxylic acids is 2. The zero-order chi connectivity index (χ0) is 21.7. The third-order valence-corrected chi connectivity index (χ3v) is 4.98. The Bertz CT molecular complexity index is 1040. The van der Waals surface area contributed by atoms with E-state index in [2.05, 4.69) is 41.3 Å². The summed E-state index contributed by atoms with van der Waals surface area (Å²) in [6, 6.07) is 15.3. The first-order chi connectivity index (χ1) is 14.4. The highest BCUT2D eigenvalue weighted by Crippen LogP contribution is 2.22. The van der Waals surface area contributed by atoms with Crippen molar-refractivity contribution in [3.05, 3.63) is 60.3 Å². The Morgan fingerprint density at radius 1 is 1.07 bits per heavy atom. The fourth-order valence-electron chi connectivity index (χ4n) is 3.48. The second-order valence-electron chi connectivity index (χ2n) is 7.98.